The molecule has 0 spiro atoms. The standard InChI is InChI=1S/C18H16N2O3S/c1-2-16-17(24-12-20-16)18(21)22-11-13-5-7-14(8-6-13)23-15-4-3-9-19-10-15/h3-10,12H,2,11H2,1H3. The predicted octanol–water partition coefficient (Wildman–Crippen LogP) is 4.25. The Hall–Kier alpha value is -2.73. The second-order valence-electron chi connectivity index (χ2n) is 4.99. The molecule has 1 aromatic carbocycles. The molecule has 0 fully saturated rings. The number of aryl methyl sites for hydroxylation is 1. The van der Waals surface area contributed by atoms with Crippen molar-refractivity contribution in [3.63, 3.8) is 0 Å². The molecule has 0 saturated heterocycles. The first-order chi connectivity index (χ1) is 11.8. The van der Waals surface area contributed by atoms with E-state index in [1.165, 1.54) is 11.3 Å². The van der Waals surface area contributed by atoms with Crippen molar-refractivity contribution in [2.24, 2.45) is 0 Å². The van der Waals surface area contributed by atoms with Crippen molar-refractivity contribution in [3.8, 4) is 11.5 Å². The number of aromatic nitrogens is 2. The van der Waals surface area contributed by atoms with E-state index in [1.807, 2.05) is 43.3 Å². The lowest BCUT2D eigenvalue weighted by molar-refractivity contribution is 0.0477. The van der Waals surface area contributed by atoms with E-state index in [1.54, 1.807) is 17.9 Å². The fourth-order valence-electron chi connectivity index (χ4n) is 2.10. The van der Waals surface area contributed by atoms with Gasteiger partial charge < -0.3 is 9.47 Å². The Bertz CT molecular complexity index is 801. The Balaban J connectivity index is 1.57. The minimum absolute atomic E-state index is 0.215. The number of rotatable bonds is 6. The van der Waals surface area contributed by atoms with E-state index in [0.29, 0.717) is 22.8 Å². The summed E-state index contributed by atoms with van der Waals surface area (Å²) in [6, 6.07) is 11.1. The van der Waals surface area contributed by atoms with Crippen LogP contribution in [-0.4, -0.2) is 15.9 Å². The number of ether oxygens (including phenoxy) is 2. The zero-order valence-electron chi connectivity index (χ0n) is 13.1. The van der Waals surface area contributed by atoms with E-state index >= 15 is 0 Å². The van der Waals surface area contributed by atoms with Gasteiger partial charge in [0.1, 0.15) is 23.0 Å². The molecule has 122 valence electrons. The first-order valence-corrected chi connectivity index (χ1v) is 8.40. The molecule has 2 aromatic heterocycles. The second kappa shape index (κ2) is 7.70. The molecule has 5 nitrogen and oxygen atoms in total. The molecule has 2 heterocycles. The van der Waals surface area contributed by atoms with Crippen LogP contribution in [0, 0.1) is 0 Å². The van der Waals surface area contributed by atoms with Crippen molar-refractivity contribution in [2.75, 3.05) is 0 Å². The average molecular weight is 340 g/mol. The summed E-state index contributed by atoms with van der Waals surface area (Å²) >= 11 is 1.31. The smallest absolute Gasteiger partial charge is 0.350 e. The number of carbonyl (C=O) groups is 1. The van der Waals surface area contributed by atoms with Gasteiger partial charge in [-0.2, -0.15) is 0 Å². The molecule has 0 N–H and O–H groups in total. The van der Waals surface area contributed by atoms with Crippen molar-refractivity contribution < 1.29 is 14.3 Å². The number of pyridine rings is 1. The first-order valence-electron chi connectivity index (χ1n) is 7.52. The number of thiazole rings is 1. The Morgan fingerprint density at radius 3 is 2.71 bits per heavy atom. The van der Waals surface area contributed by atoms with Gasteiger partial charge in [0.05, 0.1) is 17.4 Å². The number of hydrogen-bond acceptors (Lipinski definition) is 6. The maximum atomic E-state index is 12.1. The molecule has 0 bridgehead atoms. The highest BCUT2D eigenvalue weighted by Gasteiger charge is 2.14. The number of hydrogen-bond donors (Lipinski definition) is 0. The van der Waals surface area contributed by atoms with Gasteiger partial charge in [-0.3, -0.25) is 4.98 Å². The highest BCUT2D eigenvalue weighted by Crippen LogP contribution is 2.21. The Morgan fingerprint density at radius 2 is 2.00 bits per heavy atom. The van der Waals surface area contributed by atoms with E-state index in [0.717, 1.165) is 11.3 Å². The molecule has 6 heteroatoms. The second-order valence-corrected chi connectivity index (χ2v) is 5.85. The van der Waals surface area contributed by atoms with Crippen molar-refractivity contribution in [3.05, 3.63) is 70.4 Å². The average Bonchev–Trinajstić information content (AvgIpc) is 3.10. The van der Waals surface area contributed by atoms with Gasteiger partial charge in [0, 0.05) is 6.20 Å². The highest BCUT2D eigenvalue weighted by molar-refractivity contribution is 7.11. The third-order valence-corrected chi connectivity index (χ3v) is 4.17. The predicted molar refractivity (Wildman–Crippen MR) is 91.4 cm³/mol. The normalized spacial score (nSPS) is 10.4. The molecule has 0 unspecified atom stereocenters. The molecule has 0 aliphatic carbocycles. The zero-order chi connectivity index (χ0) is 16.8. The molecule has 0 radical (unpaired) electrons. The lowest BCUT2D eigenvalue weighted by Gasteiger charge is -2.07. The fourth-order valence-corrected chi connectivity index (χ4v) is 2.87. The number of nitrogens with zero attached hydrogens (tertiary/aromatic N) is 2. The van der Waals surface area contributed by atoms with Crippen molar-refractivity contribution >= 4 is 17.3 Å². The maximum Gasteiger partial charge on any atom is 0.350 e. The van der Waals surface area contributed by atoms with Crippen molar-refractivity contribution in [1.29, 1.82) is 0 Å². The van der Waals surface area contributed by atoms with Crippen molar-refractivity contribution in [2.45, 2.75) is 20.0 Å². The lowest BCUT2D eigenvalue weighted by Crippen LogP contribution is -2.06. The summed E-state index contributed by atoms with van der Waals surface area (Å²) in [5, 5.41) is 0. The zero-order valence-corrected chi connectivity index (χ0v) is 14.0. The Labute approximate surface area is 143 Å². The highest BCUT2D eigenvalue weighted by atomic mass is 32.1. The minimum atomic E-state index is -0.329. The minimum Gasteiger partial charge on any atom is -0.457 e. The third-order valence-electron chi connectivity index (χ3n) is 3.32. The van der Waals surface area contributed by atoms with Gasteiger partial charge in [0.2, 0.25) is 0 Å². The molecule has 3 rings (SSSR count). The number of carbonyl (C=O) groups excluding carboxylic acids is 1. The van der Waals surface area contributed by atoms with Gasteiger partial charge >= 0.3 is 5.97 Å². The van der Waals surface area contributed by atoms with Gasteiger partial charge in [-0.1, -0.05) is 19.1 Å². The number of benzene rings is 1. The maximum absolute atomic E-state index is 12.1. The molecule has 24 heavy (non-hydrogen) atoms. The quantitative estimate of drug-likeness (QED) is 0.628. The van der Waals surface area contributed by atoms with Gasteiger partial charge in [-0.15, -0.1) is 11.3 Å². The van der Waals surface area contributed by atoms with Crippen LogP contribution < -0.4 is 4.74 Å². The summed E-state index contributed by atoms with van der Waals surface area (Å²) in [6.45, 7) is 2.18. The SMILES string of the molecule is CCc1ncsc1C(=O)OCc1ccc(Oc2cccnc2)cc1. The van der Waals surface area contributed by atoms with Crippen LogP contribution in [0.3, 0.4) is 0 Å². The molecular weight excluding hydrogens is 324 g/mol. The summed E-state index contributed by atoms with van der Waals surface area (Å²) in [6.07, 6.45) is 4.06. The van der Waals surface area contributed by atoms with Gasteiger partial charge in [-0.25, -0.2) is 9.78 Å². The summed E-state index contributed by atoms with van der Waals surface area (Å²) in [5.74, 6) is 1.05. The third kappa shape index (κ3) is 3.97. The van der Waals surface area contributed by atoms with Crippen LogP contribution in [0.4, 0.5) is 0 Å². The molecule has 3 aromatic rings. The summed E-state index contributed by atoms with van der Waals surface area (Å²) in [7, 11) is 0. The van der Waals surface area contributed by atoms with Crippen LogP contribution >= 0.6 is 11.3 Å². The van der Waals surface area contributed by atoms with Crippen LogP contribution in [0.5, 0.6) is 11.5 Å². The first kappa shape index (κ1) is 16.1. The summed E-state index contributed by atoms with van der Waals surface area (Å²) < 4.78 is 11.0. The number of esters is 1. The van der Waals surface area contributed by atoms with Gasteiger partial charge in [-0.05, 0) is 36.2 Å². The molecule has 0 aliphatic heterocycles. The molecular formula is C18H16N2O3S. The molecule has 0 aliphatic rings. The topological polar surface area (TPSA) is 61.3 Å². The van der Waals surface area contributed by atoms with E-state index in [2.05, 4.69) is 9.97 Å². The van der Waals surface area contributed by atoms with E-state index in [-0.39, 0.29) is 12.6 Å². The summed E-state index contributed by atoms with van der Waals surface area (Å²) in [4.78, 5) is 20.8. The van der Waals surface area contributed by atoms with E-state index in [4.69, 9.17) is 9.47 Å². The van der Waals surface area contributed by atoms with Crippen LogP contribution in [0.15, 0.2) is 54.3 Å². The summed E-state index contributed by atoms with van der Waals surface area (Å²) in [5.41, 5.74) is 3.34. The molecule has 0 saturated carbocycles. The van der Waals surface area contributed by atoms with Crippen molar-refractivity contribution in [1.82, 2.24) is 9.97 Å². The Morgan fingerprint density at radius 1 is 1.17 bits per heavy atom. The largest absolute Gasteiger partial charge is 0.457 e. The molecule has 0 atom stereocenters. The van der Waals surface area contributed by atoms with Crippen LogP contribution in [-0.2, 0) is 17.8 Å². The van der Waals surface area contributed by atoms with Crippen LogP contribution in [0.1, 0.15) is 27.9 Å². The van der Waals surface area contributed by atoms with Crippen LogP contribution in [0.2, 0.25) is 0 Å². The van der Waals surface area contributed by atoms with E-state index < -0.39 is 0 Å². The Kier molecular flexibility index (Phi) is 5.18. The monoisotopic (exact) mass is 340 g/mol. The van der Waals surface area contributed by atoms with Gasteiger partial charge in [0.25, 0.3) is 0 Å². The van der Waals surface area contributed by atoms with Crippen LogP contribution in [0.25, 0.3) is 0 Å². The van der Waals surface area contributed by atoms with E-state index in [9.17, 15) is 4.79 Å². The molecule has 0 amide bonds. The fraction of sp³-hybridized carbons (Fsp3) is 0.167. The van der Waals surface area contributed by atoms with Gasteiger partial charge in [0.15, 0.2) is 0 Å². The lowest BCUT2D eigenvalue weighted by atomic mass is 10.2.